The van der Waals surface area contributed by atoms with Crippen molar-refractivity contribution >= 4 is 0 Å². The molecule has 0 amide bonds. The maximum absolute atomic E-state index is 6.26. The van der Waals surface area contributed by atoms with Gasteiger partial charge in [-0.25, -0.2) is 0 Å². The molecule has 1 spiro atoms. The minimum Gasteiger partial charge on any atom is -0.375 e. The van der Waals surface area contributed by atoms with E-state index in [1.165, 1.54) is 25.7 Å². The quantitative estimate of drug-likeness (QED) is 0.778. The van der Waals surface area contributed by atoms with E-state index in [4.69, 9.17) is 9.47 Å². The summed E-state index contributed by atoms with van der Waals surface area (Å²) in [6.07, 6.45) is 7.82. The average Bonchev–Trinajstić information content (AvgIpc) is 2.64. The fourth-order valence-corrected chi connectivity index (χ4v) is 3.41. The summed E-state index contributed by atoms with van der Waals surface area (Å²) < 4.78 is 12.3. The Balaban J connectivity index is 1.59. The van der Waals surface area contributed by atoms with Gasteiger partial charge < -0.3 is 14.8 Å². The van der Waals surface area contributed by atoms with Gasteiger partial charge in [-0.05, 0) is 26.2 Å². The van der Waals surface area contributed by atoms with Crippen LogP contribution >= 0.6 is 0 Å². The third-order valence-corrected chi connectivity index (χ3v) is 4.41. The monoisotopic (exact) mass is 225 g/mol. The minimum absolute atomic E-state index is 0.0990. The standard InChI is InChI=1S/C13H23NO2/c1-12(9-14-10-12)16-11-4-7-15-13(8-11)5-2-3-6-13/h11,14H,2-10H2,1H3. The molecule has 1 atom stereocenters. The van der Waals surface area contributed by atoms with Crippen LogP contribution in [0.25, 0.3) is 0 Å². The molecule has 0 aromatic carbocycles. The maximum Gasteiger partial charge on any atom is 0.0905 e. The van der Waals surface area contributed by atoms with Crippen LogP contribution in [0.15, 0.2) is 0 Å². The Hall–Kier alpha value is -0.120. The van der Waals surface area contributed by atoms with E-state index < -0.39 is 0 Å². The molecule has 0 aromatic rings. The van der Waals surface area contributed by atoms with Gasteiger partial charge in [0.05, 0.1) is 17.3 Å². The first kappa shape index (κ1) is 11.0. The van der Waals surface area contributed by atoms with Gasteiger partial charge in [0.2, 0.25) is 0 Å². The maximum atomic E-state index is 6.26. The van der Waals surface area contributed by atoms with Crippen molar-refractivity contribution in [3.63, 3.8) is 0 Å². The average molecular weight is 225 g/mol. The molecule has 2 heterocycles. The molecule has 3 aliphatic rings. The zero-order valence-electron chi connectivity index (χ0n) is 10.3. The predicted octanol–water partition coefficient (Wildman–Crippen LogP) is 1.86. The molecule has 0 bridgehead atoms. The van der Waals surface area contributed by atoms with Crippen LogP contribution in [0.4, 0.5) is 0 Å². The highest BCUT2D eigenvalue weighted by atomic mass is 16.5. The van der Waals surface area contributed by atoms with E-state index in [0.29, 0.717) is 6.10 Å². The Bertz CT molecular complexity index is 257. The molecule has 2 saturated heterocycles. The van der Waals surface area contributed by atoms with Crippen LogP contribution in [0.5, 0.6) is 0 Å². The zero-order chi connectivity index (χ0) is 11.1. The van der Waals surface area contributed by atoms with Gasteiger partial charge >= 0.3 is 0 Å². The van der Waals surface area contributed by atoms with Gasteiger partial charge in [-0.3, -0.25) is 0 Å². The lowest BCUT2D eigenvalue weighted by Gasteiger charge is -2.45. The van der Waals surface area contributed by atoms with Crippen LogP contribution in [0, 0.1) is 0 Å². The molecule has 16 heavy (non-hydrogen) atoms. The number of rotatable bonds is 2. The summed E-state index contributed by atoms with van der Waals surface area (Å²) in [4.78, 5) is 0. The number of nitrogens with one attached hydrogen (secondary N) is 1. The van der Waals surface area contributed by atoms with Crippen molar-refractivity contribution in [2.45, 2.75) is 62.8 Å². The number of ether oxygens (including phenoxy) is 2. The molecule has 2 aliphatic heterocycles. The van der Waals surface area contributed by atoms with Gasteiger partial charge in [0.25, 0.3) is 0 Å². The summed E-state index contributed by atoms with van der Waals surface area (Å²) in [5, 5.41) is 3.30. The Morgan fingerprint density at radius 2 is 2.00 bits per heavy atom. The van der Waals surface area contributed by atoms with Crippen molar-refractivity contribution in [1.29, 1.82) is 0 Å². The Morgan fingerprint density at radius 3 is 2.62 bits per heavy atom. The molecule has 1 saturated carbocycles. The summed E-state index contributed by atoms with van der Waals surface area (Å²) in [7, 11) is 0. The second-order valence-electron chi connectivity index (χ2n) is 6.02. The second-order valence-corrected chi connectivity index (χ2v) is 6.02. The first-order valence-electron chi connectivity index (χ1n) is 6.72. The first-order valence-corrected chi connectivity index (χ1v) is 6.72. The lowest BCUT2D eigenvalue weighted by atomic mass is 9.89. The molecule has 1 N–H and O–H groups in total. The number of hydrogen-bond donors (Lipinski definition) is 1. The van der Waals surface area contributed by atoms with E-state index in [0.717, 1.165) is 32.5 Å². The largest absolute Gasteiger partial charge is 0.375 e. The minimum atomic E-state index is 0.0990. The van der Waals surface area contributed by atoms with Crippen LogP contribution in [0.2, 0.25) is 0 Å². The first-order chi connectivity index (χ1) is 7.70. The third-order valence-electron chi connectivity index (χ3n) is 4.41. The Morgan fingerprint density at radius 1 is 1.25 bits per heavy atom. The Kier molecular flexibility index (Phi) is 2.73. The normalized spacial score (nSPS) is 36.2. The molecule has 3 fully saturated rings. The van der Waals surface area contributed by atoms with Crippen LogP contribution in [0.3, 0.4) is 0 Å². The van der Waals surface area contributed by atoms with E-state index in [9.17, 15) is 0 Å². The molecule has 1 unspecified atom stereocenters. The topological polar surface area (TPSA) is 30.5 Å². The lowest BCUT2D eigenvalue weighted by Crippen LogP contribution is -2.61. The smallest absolute Gasteiger partial charge is 0.0905 e. The van der Waals surface area contributed by atoms with Crippen molar-refractivity contribution in [2.24, 2.45) is 0 Å². The molecule has 3 heteroatoms. The molecular formula is C13H23NO2. The highest BCUT2D eigenvalue weighted by Crippen LogP contribution is 2.41. The predicted molar refractivity (Wildman–Crippen MR) is 62.5 cm³/mol. The van der Waals surface area contributed by atoms with Crippen molar-refractivity contribution in [2.75, 3.05) is 19.7 Å². The van der Waals surface area contributed by atoms with Crippen LogP contribution in [-0.4, -0.2) is 37.0 Å². The summed E-state index contributed by atoms with van der Waals surface area (Å²) in [5.41, 5.74) is 0.290. The van der Waals surface area contributed by atoms with E-state index in [1.807, 2.05) is 0 Å². The highest BCUT2D eigenvalue weighted by molar-refractivity contribution is 4.95. The molecule has 3 nitrogen and oxygen atoms in total. The lowest BCUT2D eigenvalue weighted by molar-refractivity contribution is -0.180. The fraction of sp³-hybridized carbons (Fsp3) is 1.00. The van der Waals surface area contributed by atoms with E-state index in [2.05, 4.69) is 12.2 Å². The molecule has 0 radical (unpaired) electrons. The van der Waals surface area contributed by atoms with Gasteiger partial charge in [0.15, 0.2) is 0 Å². The van der Waals surface area contributed by atoms with E-state index >= 15 is 0 Å². The molecule has 0 aromatic heterocycles. The molecule has 1 aliphatic carbocycles. The highest BCUT2D eigenvalue weighted by Gasteiger charge is 2.43. The van der Waals surface area contributed by atoms with Crippen molar-refractivity contribution < 1.29 is 9.47 Å². The second kappa shape index (κ2) is 3.97. The summed E-state index contributed by atoms with van der Waals surface area (Å²) in [6, 6.07) is 0. The van der Waals surface area contributed by atoms with Crippen LogP contribution in [-0.2, 0) is 9.47 Å². The van der Waals surface area contributed by atoms with Crippen molar-refractivity contribution in [3.05, 3.63) is 0 Å². The fourth-order valence-electron chi connectivity index (χ4n) is 3.41. The third kappa shape index (κ3) is 2.01. The van der Waals surface area contributed by atoms with Gasteiger partial charge in [-0.1, -0.05) is 12.8 Å². The summed E-state index contributed by atoms with van der Waals surface area (Å²) in [5.74, 6) is 0. The van der Waals surface area contributed by atoms with Crippen LogP contribution < -0.4 is 5.32 Å². The molecular weight excluding hydrogens is 202 g/mol. The Labute approximate surface area is 97.9 Å². The van der Waals surface area contributed by atoms with Gasteiger partial charge in [0.1, 0.15) is 0 Å². The number of hydrogen-bond acceptors (Lipinski definition) is 3. The van der Waals surface area contributed by atoms with Gasteiger partial charge in [-0.15, -0.1) is 0 Å². The van der Waals surface area contributed by atoms with E-state index in [-0.39, 0.29) is 11.2 Å². The molecule has 3 rings (SSSR count). The van der Waals surface area contributed by atoms with Gasteiger partial charge in [-0.2, -0.15) is 0 Å². The SMILES string of the molecule is CC1(OC2CCOC3(CCCC3)C2)CNC1. The molecule has 92 valence electrons. The van der Waals surface area contributed by atoms with Gasteiger partial charge in [0, 0.05) is 26.1 Å². The summed E-state index contributed by atoms with van der Waals surface area (Å²) in [6.45, 7) is 5.14. The summed E-state index contributed by atoms with van der Waals surface area (Å²) >= 11 is 0. The van der Waals surface area contributed by atoms with E-state index in [1.54, 1.807) is 0 Å². The van der Waals surface area contributed by atoms with Crippen molar-refractivity contribution in [3.8, 4) is 0 Å². The zero-order valence-corrected chi connectivity index (χ0v) is 10.3. The van der Waals surface area contributed by atoms with Crippen LogP contribution in [0.1, 0.15) is 45.4 Å². The van der Waals surface area contributed by atoms with Crippen molar-refractivity contribution in [1.82, 2.24) is 5.32 Å².